The van der Waals surface area contributed by atoms with E-state index in [2.05, 4.69) is 0 Å². The molecule has 0 radical (unpaired) electrons. The Labute approximate surface area is 134 Å². The first kappa shape index (κ1) is 15.8. The van der Waals surface area contributed by atoms with Crippen molar-refractivity contribution in [1.82, 2.24) is 4.90 Å². The predicted octanol–water partition coefficient (Wildman–Crippen LogP) is 1.30. The molecular weight excluding hydrogens is 325 g/mol. The molecule has 22 heavy (non-hydrogen) atoms. The topological polar surface area (TPSA) is 54.5 Å². The third-order valence-corrected chi connectivity index (χ3v) is 7.43. The number of rotatable bonds is 3. The van der Waals surface area contributed by atoms with E-state index in [1.54, 1.807) is 4.90 Å². The van der Waals surface area contributed by atoms with Crippen LogP contribution in [0.2, 0.25) is 0 Å². The molecule has 1 aromatic carbocycles. The monoisotopic (exact) mass is 343 g/mol. The Morgan fingerprint density at radius 1 is 1.27 bits per heavy atom. The van der Waals surface area contributed by atoms with Crippen LogP contribution in [0.15, 0.2) is 29.2 Å². The van der Waals surface area contributed by atoms with E-state index >= 15 is 0 Å². The van der Waals surface area contributed by atoms with E-state index in [1.165, 1.54) is 24.3 Å². The Bertz CT molecular complexity index is 620. The Balaban J connectivity index is 1.62. The van der Waals surface area contributed by atoms with Gasteiger partial charge in [-0.05, 0) is 37.1 Å². The molecule has 0 saturated carbocycles. The van der Waals surface area contributed by atoms with Gasteiger partial charge in [-0.3, -0.25) is 13.2 Å². The molecule has 0 N–H and O–H groups in total. The summed E-state index contributed by atoms with van der Waals surface area (Å²) in [7, 11) is -2.10. The molecule has 3 rings (SSSR count). The van der Waals surface area contributed by atoms with Gasteiger partial charge in [-0.15, -0.1) is 0 Å². The van der Waals surface area contributed by atoms with Crippen LogP contribution < -0.4 is 0 Å². The van der Waals surface area contributed by atoms with Gasteiger partial charge in [0.2, 0.25) is 5.91 Å². The predicted molar refractivity (Wildman–Crippen MR) is 83.8 cm³/mol. The fraction of sp³-hybridized carbons (Fsp3) is 0.533. The summed E-state index contributed by atoms with van der Waals surface area (Å²) in [5.74, 6) is 0.623. The number of benzene rings is 1. The second-order valence-electron chi connectivity index (χ2n) is 5.74. The van der Waals surface area contributed by atoms with Crippen molar-refractivity contribution < 1.29 is 17.6 Å². The zero-order valence-corrected chi connectivity index (χ0v) is 13.7. The van der Waals surface area contributed by atoms with Gasteiger partial charge >= 0.3 is 0 Å². The number of carbonyl (C=O) groups is 1. The van der Waals surface area contributed by atoms with Crippen molar-refractivity contribution in [2.24, 2.45) is 5.92 Å². The van der Waals surface area contributed by atoms with Crippen LogP contribution in [0.1, 0.15) is 12.8 Å². The average Bonchev–Trinajstić information content (AvgIpc) is 3.15. The number of hydrogen-bond acceptors (Lipinski definition) is 3. The van der Waals surface area contributed by atoms with Crippen LogP contribution in [0.25, 0.3) is 0 Å². The molecule has 2 aliphatic heterocycles. The minimum absolute atomic E-state index is 0.0458. The van der Waals surface area contributed by atoms with Gasteiger partial charge in [-0.2, -0.15) is 0 Å². The number of nitrogens with zero attached hydrogens (tertiary/aromatic N) is 1. The van der Waals surface area contributed by atoms with E-state index in [4.69, 9.17) is 0 Å². The number of halogens is 1. The lowest BCUT2D eigenvalue weighted by molar-refractivity contribution is -0.133. The molecule has 0 spiro atoms. The van der Waals surface area contributed by atoms with Crippen molar-refractivity contribution in [3.63, 3.8) is 0 Å². The van der Waals surface area contributed by atoms with E-state index in [9.17, 15) is 17.6 Å². The highest BCUT2D eigenvalue weighted by Crippen LogP contribution is 2.25. The molecule has 2 fully saturated rings. The second kappa shape index (κ2) is 6.58. The molecule has 2 aliphatic rings. The molecule has 4 unspecified atom stereocenters. The summed E-state index contributed by atoms with van der Waals surface area (Å²) in [6.07, 6.45) is 1.37. The van der Waals surface area contributed by atoms with Crippen LogP contribution in [0.4, 0.5) is 4.39 Å². The molecule has 120 valence electrons. The zero-order chi connectivity index (χ0) is 15.7. The minimum atomic E-state index is -1.23. The average molecular weight is 343 g/mol. The van der Waals surface area contributed by atoms with E-state index in [0.717, 1.165) is 0 Å². The maximum Gasteiger partial charge on any atom is 0.226 e. The highest BCUT2D eigenvalue weighted by molar-refractivity contribution is 7.85. The molecule has 4 atom stereocenters. The zero-order valence-electron chi connectivity index (χ0n) is 12.1. The molecule has 0 aliphatic carbocycles. The molecule has 0 aromatic heterocycles. The van der Waals surface area contributed by atoms with Crippen LogP contribution in [0, 0.1) is 11.7 Å². The summed E-state index contributed by atoms with van der Waals surface area (Å²) in [4.78, 5) is 14.7. The van der Waals surface area contributed by atoms with Crippen molar-refractivity contribution in [3.05, 3.63) is 30.1 Å². The van der Waals surface area contributed by atoms with Crippen LogP contribution in [0.5, 0.6) is 0 Å². The summed E-state index contributed by atoms with van der Waals surface area (Å²) in [6.45, 7) is 1.06. The molecule has 7 heteroatoms. The molecule has 4 nitrogen and oxygen atoms in total. The maximum absolute atomic E-state index is 12.9. The van der Waals surface area contributed by atoms with Gasteiger partial charge in [-0.25, -0.2) is 4.39 Å². The van der Waals surface area contributed by atoms with Crippen molar-refractivity contribution >= 4 is 27.5 Å². The van der Waals surface area contributed by atoms with Gasteiger partial charge in [0.05, 0.1) is 22.0 Å². The Hall–Kier alpha value is -1.08. The lowest BCUT2D eigenvalue weighted by atomic mass is 10.1. The van der Waals surface area contributed by atoms with Crippen molar-refractivity contribution in [1.29, 1.82) is 0 Å². The highest BCUT2D eigenvalue weighted by atomic mass is 32.2. The summed E-state index contributed by atoms with van der Waals surface area (Å²) < 4.78 is 36.8. The van der Waals surface area contributed by atoms with Crippen LogP contribution in [-0.4, -0.2) is 49.1 Å². The number of amides is 1. The number of likely N-dealkylation sites (tertiary alicyclic amines) is 1. The second-order valence-corrected chi connectivity index (χ2v) is 9.10. The third kappa shape index (κ3) is 3.30. The van der Waals surface area contributed by atoms with Gasteiger partial charge in [0.25, 0.3) is 0 Å². The fourth-order valence-corrected chi connectivity index (χ4v) is 5.88. The van der Waals surface area contributed by atoms with Crippen molar-refractivity contribution in [2.75, 3.05) is 24.6 Å². The van der Waals surface area contributed by atoms with Crippen molar-refractivity contribution in [3.8, 4) is 0 Å². The normalized spacial score (nSPS) is 29.7. The smallest absolute Gasteiger partial charge is 0.226 e. The highest BCUT2D eigenvalue weighted by Gasteiger charge is 2.36. The first-order chi connectivity index (χ1) is 10.5. The summed E-state index contributed by atoms with van der Waals surface area (Å²) >= 11 is 0. The van der Waals surface area contributed by atoms with Crippen LogP contribution in [-0.2, 0) is 26.4 Å². The van der Waals surface area contributed by atoms with Gasteiger partial charge < -0.3 is 4.90 Å². The Kier molecular flexibility index (Phi) is 4.73. The minimum Gasteiger partial charge on any atom is -0.341 e. The van der Waals surface area contributed by atoms with E-state index in [-0.39, 0.29) is 22.9 Å². The molecule has 1 amide bonds. The van der Waals surface area contributed by atoms with Gasteiger partial charge in [0, 0.05) is 40.3 Å². The fourth-order valence-electron chi connectivity index (χ4n) is 2.98. The molecule has 0 bridgehead atoms. The largest absolute Gasteiger partial charge is 0.341 e. The maximum atomic E-state index is 12.9. The number of hydrogen-bond donors (Lipinski definition) is 0. The lowest BCUT2D eigenvalue weighted by Crippen LogP contribution is -2.35. The van der Waals surface area contributed by atoms with E-state index in [0.29, 0.717) is 42.3 Å². The van der Waals surface area contributed by atoms with Gasteiger partial charge in [0.1, 0.15) is 5.82 Å². The quantitative estimate of drug-likeness (QED) is 0.831. The summed E-state index contributed by atoms with van der Waals surface area (Å²) in [6, 6.07) is 5.68. The third-order valence-electron chi connectivity index (χ3n) is 4.24. The lowest BCUT2D eigenvalue weighted by Gasteiger charge is -2.19. The summed E-state index contributed by atoms with van der Waals surface area (Å²) in [5.41, 5.74) is 0. The molecule has 1 aromatic rings. The standard InChI is InChI=1S/C15H18FNO3S2/c16-12-1-3-13(4-2-12)22(20)14-5-7-17(9-14)15(18)11-6-8-21(19)10-11/h1-4,11,14H,5-10H2. The molecule has 2 heterocycles. The SMILES string of the molecule is O=C(C1CCS(=O)C1)N1CCC(S(=O)c2ccc(F)cc2)C1. The Morgan fingerprint density at radius 2 is 2.00 bits per heavy atom. The van der Waals surface area contributed by atoms with Gasteiger partial charge in [-0.1, -0.05) is 0 Å². The van der Waals surface area contributed by atoms with Crippen LogP contribution in [0.3, 0.4) is 0 Å². The molecular formula is C15H18FNO3S2. The summed E-state index contributed by atoms with van der Waals surface area (Å²) in [5, 5.41) is -0.110. The van der Waals surface area contributed by atoms with Gasteiger partial charge in [0.15, 0.2) is 0 Å². The Morgan fingerprint density at radius 3 is 2.64 bits per heavy atom. The van der Waals surface area contributed by atoms with Crippen LogP contribution >= 0.6 is 0 Å². The van der Waals surface area contributed by atoms with Crippen molar-refractivity contribution in [2.45, 2.75) is 23.0 Å². The van der Waals surface area contributed by atoms with E-state index in [1.807, 2.05) is 0 Å². The number of carbonyl (C=O) groups excluding carboxylic acids is 1. The molecule has 2 saturated heterocycles. The first-order valence-corrected chi connectivity index (χ1v) is 10.0. The van der Waals surface area contributed by atoms with E-state index < -0.39 is 21.6 Å². The first-order valence-electron chi connectivity index (χ1n) is 7.34.